The lowest BCUT2D eigenvalue weighted by atomic mass is 10.0. The highest BCUT2D eigenvalue weighted by Gasteiger charge is 2.23. The second-order valence-electron chi connectivity index (χ2n) is 6.65. The van der Waals surface area contributed by atoms with E-state index < -0.39 is 5.56 Å². The number of benzene rings is 1. The van der Waals surface area contributed by atoms with Crippen LogP contribution in [0.4, 0.5) is 5.82 Å². The van der Waals surface area contributed by atoms with Gasteiger partial charge in [-0.25, -0.2) is 4.98 Å². The van der Waals surface area contributed by atoms with Gasteiger partial charge in [0.15, 0.2) is 11.4 Å². The quantitative estimate of drug-likeness (QED) is 0.890. The van der Waals surface area contributed by atoms with Gasteiger partial charge >= 0.3 is 0 Å². The first-order valence-corrected chi connectivity index (χ1v) is 8.50. The maximum Gasteiger partial charge on any atom is 0.271 e. The van der Waals surface area contributed by atoms with Gasteiger partial charge in [-0.05, 0) is 37.8 Å². The molecule has 1 aliphatic heterocycles. The maximum atomic E-state index is 12.3. The van der Waals surface area contributed by atoms with Crippen LogP contribution < -0.4 is 10.5 Å². The molecule has 1 fully saturated rings. The molecule has 0 saturated carbocycles. The van der Waals surface area contributed by atoms with Crippen LogP contribution in [-0.2, 0) is 6.42 Å². The van der Waals surface area contributed by atoms with E-state index in [2.05, 4.69) is 28.2 Å². The second-order valence-corrected chi connectivity index (χ2v) is 6.65. The topological polar surface area (TPSA) is 93.0 Å². The number of aliphatic hydroxyl groups excluding tert-OH is 1. The minimum absolute atomic E-state index is 0.0427. The molecule has 0 unspecified atom stereocenters. The van der Waals surface area contributed by atoms with Crippen LogP contribution in [0.1, 0.15) is 40.9 Å². The Balaban J connectivity index is 1.97. The zero-order chi connectivity index (χ0) is 18.0. The van der Waals surface area contributed by atoms with Crippen LogP contribution in [-0.4, -0.2) is 34.3 Å². The molecule has 1 saturated heterocycles. The fourth-order valence-corrected chi connectivity index (χ4v) is 3.17. The number of aromatic nitrogens is 2. The molecule has 3 rings (SSSR count). The van der Waals surface area contributed by atoms with E-state index in [1.54, 1.807) is 0 Å². The first-order valence-electron chi connectivity index (χ1n) is 8.50. The van der Waals surface area contributed by atoms with E-state index in [0.29, 0.717) is 44.0 Å². The molecule has 0 bridgehead atoms. The molecule has 1 aromatic carbocycles. The van der Waals surface area contributed by atoms with Gasteiger partial charge in [-0.15, -0.1) is 0 Å². The first-order chi connectivity index (χ1) is 12.0. The lowest BCUT2D eigenvalue weighted by molar-refractivity contribution is 0.145. The molecule has 130 valence electrons. The largest absolute Gasteiger partial charge is 0.393 e. The number of rotatable bonds is 3. The van der Waals surface area contributed by atoms with Gasteiger partial charge in [-0.1, -0.05) is 23.8 Å². The molecule has 2 aromatic rings. The molecule has 0 atom stereocenters. The third kappa shape index (κ3) is 3.72. The molecule has 1 aromatic heterocycles. The molecule has 6 heteroatoms. The molecule has 2 N–H and O–H groups in total. The third-order valence-corrected chi connectivity index (χ3v) is 4.69. The standard InChI is InChI=1S/C19H22N4O2/c1-12-3-4-13(2)14(9-12)10-17-21-18(16(11-20)19(25)22-17)23-7-5-15(24)6-8-23/h3-4,9,15,24H,5-8,10H2,1-2H3,(H,21,22,25). The van der Waals surface area contributed by atoms with Gasteiger partial charge in [0.1, 0.15) is 11.9 Å². The number of piperidine rings is 1. The third-order valence-electron chi connectivity index (χ3n) is 4.69. The molecular formula is C19H22N4O2. The number of H-pyrrole nitrogens is 1. The Labute approximate surface area is 146 Å². The number of aryl methyl sites for hydroxylation is 2. The minimum Gasteiger partial charge on any atom is -0.393 e. The van der Waals surface area contributed by atoms with Crippen molar-refractivity contribution in [3.8, 4) is 6.07 Å². The van der Waals surface area contributed by atoms with E-state index in [0.717, 1.165) is 16.7 Å². The fourth-order valence-electron chi connectivity index (χ4n) is 3.17. The summed E-state index contributed by atoms with van der Waals surface area (Å²) < 4.78 is 0. The molecule has 25 heavy (non-hydrogen) atoms. The second kappa shape index (κ2) is 7.08. The zero-order valence-electron chi connectivity index (χ0n) is 14.5. The van der Waals surface area contributed by atoms with E-state index in [1.165, 1.54) is 0 Å². The number of aromatic amines is 1. The Hall–Kier alpha value is -2.65. The van der Waals surface area contributed by atoms with Crippen molar-refractivity contribution in [2.75, 3.05) is 18.0 Å². The summed E-state index contributed by atoms with van der Waals surface area (Å²) in [5, 5.41) is 19.0. The number of nitrogens with zero attached hydrogens (tertiary/aromatic N) is 3. The predicted octanol–water partition coefficient (Wildman–Crippen LogP) is 1.81. The van der Waals surface area contributed by atoms with Crippen molar-refractivity contribution in [1.82, 2.24) is 9.97 Å². The van der Waals surface area contributed by atoms with E-state index in [-0.39, 0.29) is 11.7 Å². The highest BCUT2D eigenvalue weighted by atomic mass is 16.3. The van der Waals surface area contributed by atoms with Gasteiger partial charge < -0.3 is 15.0 Å². The maximum absolute atomic E-state index is 12.3. The summed E-state index contributed by atoms with van der Waals surface area (Å²) in [6, 6.07) is 8.17. The van der Waals surface area contributed by atoms with Gasteiger partial charge in [0.05, 0.1) is 6.10 Å². The highest BCUT2D eigenvalue weighted by Crippen LogP contribution is 2.21. The minimum atomic E-state index is -0.404. The van der Waals surface area contributed by atoms with Gasteiger partial charge in [-0.3, -0.25) is 4.79 Å². The van der Waals surface area contributed by atoms with Crippen molar-refractivity contribution in [3.05, 3.63) is 56.6 Å². The summed E-state index contributed by atoms with van der Waals surface area (Å²) in [6.45, 7) is 5.25. The van der Waals surface area contributed by atoms with Crippen molar-refractivity contribution in [1.29, 1.82) is 5.26 Å². The van der Waals surface area contributed by atoms with E-state index in [1.807, 2.05) is 24.8 Å². The van der Waals surface area contributed by atoms with Crippen molar-refractivity contribution in [3.63, 3.8) is 0 Å². The monoisotopic (exact) mass is 338 g/mol. The number of anilines is 1. The molecular weight excluding hydrogens is 316 g/mol. The molecule has 0 amide bonds. The van der Waals surface area contributed by atoms with Crippen molar-refractivity contribution < 1.29 is 5.11 Å². The van der Waals surface area contributed by atoms with Gasteiger partial charge in [0.25, 0.3) is 5.56 Å². The van der Waals surface area contributed by atoms with Crippen molar-refractivity contribution >= 4 is 5.82 Å². The number of nitrogens with one attached hydrogen (secondary N) is 1. The lowest BCUT2D eigenvalue weighted by Crippen LogP contribution is -2.38. The number of nitriles is 1. The van der Waals surface area contributed by atoms with Crippen molar-refractivity contribution in [2.45, 2.75) is 39.2 Å². The Kier molecular flexibility index (Phi) is 4.86. The summed E-state index contributed by atoms with van der Waals surface area (Å²) in [5.41, 5.74) is 3.04. The average Bonchev–Trinajstić information content (AvgIpc) is 2.58. The van der Waals surface area contributed by atoms with Crippen LogP contribution >= 0.6 is 0 Å². The van der Waals surface area contributed by atoms with Crippen LogP contribution in [0.3, 0.4) is 0 Å². The summed E-state index contributed by atoms with van der Waals surface area (Å²) in [5.74, 6) is 0.984. The molecule has 0 aliphatic carbocycles. The normalized spacial score (nSPS) is 15.2. The Bertz CT molecular complexity index is 874. The lowest BCUT2D eigenvalue weighted by Gasteiger charge is -2.31. The number of aliphatic hydroxyl groups is 1. The van der Waals surface area contributed by atoms with Gasteiger partial charge in [0.2, 0.25) is 0 Å². The summed E-state index contributed by atoms with van der Waals surface area (Å²) in [6.07, 6.45) is 1.42. The summed E-state index contributed by atoms with van der Waals surface area (Å²) in [7, 11) is 0. The SMILES string of the molecule is Cc1ccc(C)c(Cc2nc(N3CCC(O)CC3)c(C#N)c(=O)[nH]2)c1. The van der Waals surface area contributed by atoms with Crippen molar-refractivity contribution in [2.24, 2.45) is 0 Å². The highest BCUT2D eigenvalue weighted by molar-refractivity contribution is 5.53. The summed E-state index contributed by atoms with van der Waals surface area (Å²) in [4.78, 5) is 21.6. The Morgan fingerprint density at radius 2 is 2.08 bits per heavy atom. The fraction of sp³-hybridized carbons (Fsp3) is 0.421. The van der Waals surface area contributed by atoms with E-state index in [4.69, 9.17) is 0 Å². The average molecular weight is 338 g/mol. The van der Waals surface area contributed by atoms with Crippen LogP contribution in [0.15, 0.2) is 23.0 Å². The molecule has 0 radical (unpaired) electrons. The first kappa shape index (κ1) is 17.2. The van der Waals surface area contributed by atoms with E-state index in [9.17, 15) is 15.2 Å². The molecule has 1 aliphatic rings. The molecule has 2 heterocycles. The van der Waals surface area contributed by atoms with Crippen LogP contribution in [0.2, 0.25) is 0 Å². The predicted molar refractivity (Wildman–Crippen MR) is 95.7 cm³/mol. The van der Waals surface area contributed by atoms with E-state index >= 15 is 0 Å². The molecule has 0 spiro atoms. The van der Waals surface area contributed by atoms with Crippen LogP contribution in [0.5, 0.6) is 0 Å². The van der Waals surface area contributed by atoms with Crippen LogP contribution in [0.25, 0.3) is 0 Å². The van der Waals surface area contributed by atoms with Gasteiger partial charge in [0, 0.05) is 19.5 Å². The zero-order valence-corrected chi connectivity index (χ0v) is 14.5. The summed E-state index contributed by atoms with van der Waals surface area (Å²) >= 11 is 0. The van der Waals surface area contributed by atoms with Crippen LogP contribution in [0, 0.1) is 25.2 Å². The Morgan fingerprint density at radius 3 is 2.76 bits per heavy atom. The smallest absolute Gasteiger partial charge is 0.271 e. The molecule has 6 nitrogen and oxygen atoms in total. The number of hydrogen-bond donors (Lipinski definition) is 2. The van der Waals surface area contributed by atoms with Gasteiger partial charge in [-0.2, -0.15) is 5.26 Å². The Morgan fingerprint density at radius 1 is 1.36 bits per heavy atom. The number of hydrogen-bond acceptors (Lipinski definition) is 5.